The number of quaternary nitrogens is 1. The van der Waals surface area contributed by atoms with Crippen LogP contribution in [0.15, 0.2) is 53.3 Å². The number of nitrogens with one attached hydrogen (secondary N) is 1. The standard InChI is InChI=1S/C22H23ClN4O2/c1-25-22(29)19-8-3-2-7-18(19)20(24-25)14-21(28)27-11-9-26(10-12-27)15-16-5-4-6-17(23)13-16/h2-8,13H,9-12,14-15H2,1H3/p+1. The number of hydrogen-bond acceptors (Lipinski definition) is 3. The summed E-state index contributed by atoms with van der Waals surface area (Å²) in [6.45, 7) is 4.16. The number of carbonyl (C=O) groups is 1. The van der Waals surface area contributed by atoms with Gasteiger partial charge in [0.1, 0.15) is 6.54 Å². The van der Waals surface area contributed by atoms with Crippen molar-refractivity contribution in [2.75, 3.05) is 26.2 Å². The van der Waals surface area contributed by atoms with Gasteiger partial charge in [0.15, 0.2) is 0 Å². The second kappa shape index (κ2) is 8.35. The van der Waals surface area contributed by atoms with E-state index in [9.17, 15) is 9.59 Å². The van der Waals surface area contributed by atoms with E-state index in [2.05, 4.69) is 11.2 Å². The third-order valence-electron chi connectivity index (χ3n) is 5.52. The summed E-state index contributed by atoms with van der Waals surface area (Å²) in [5, 5.41) is 6.47. The van der Waals surface area contributed by atoms with E-state index in [0.29, 0.717) is 11.1 Å². The highest BCUT2D eigenvalue weighted by atomic mass is 35.5. The topological polar surface area (TPSA) is 59.6 Å². The number of halogens is 1. The van der Waals surface area contributed by atoms with Crippen LogP contribution in [0.4, 0.5) is 0 Å². The van der Waals surface area contributed by atoms with Crippen LogP contribution < -0.4 is 10.5 Å². The first-order chi connectivity index (χ1) is 14.0. The van der Waals surface area contributed by atoms with Crippen molar-refractivity contribution in [3.05, 3.63) is 75.2 Å². The lowest BCUT2D eigenvalue weighted by Gasteiger charge is -2.32. The Hall–Kier alpha value is -2.70. The fourth-order valence-corrected chi connectivity index (χ4v) is 4.16. The smallest absolute Gasteiger partial charge is 0.274 e. The molecule has 1 amide bonds. The fraction of sp³-hybridized carbons (Fsp3) is 0.318. The van der Waals surface area contributed by atoms with E-state index in [0.717, 1.165) is 43.1 Å². The zero-order valence-electron chi connectivity index (χ0n) is 16.4. The van der Waals surface area contributed by atoms with Gasteiger partial charge in [-0.1, -0.05) is 41.9 Å². The number of piperazine rings is 1. The van der Waals surface area contributed by atoms with Gasteiger partial charge in [0.25, 0.3) is 5.56 Å². The lowest BCUT2D eigenvalue weighted by molar-refractivity contribution is -0.917. The Morgan fingerprint density at radius 3 is 2.55 bits per heavy atom. The molecule has 29 heavy (non-hydrogen) atoms. The molecule has 2 aromatic carbocycles. The highest BCUT2D eigenvalue weighted by Crippen LogP contribution is 2.14. The summed E-state index contributed by atoms with van der Waals surface area (Å²) >= 11 is 6.08. The minimum atomic E-state index is -0.143. The molecular formula is C22H24ClN4O2+. The monoisotopic (exact) mass is 411 g/mol. The van der Waals surface area contributed by atoms with Gasteiger partial charge in [0.2, 0.25) is 5.91 Å². The van der Waals surface area contributed by atoms with E-state index >= 15 is 0 Å². The maximum absolute atomic E-state index is 12.9. The summed E-state index contributed by atoms with van der Waals surface area (Å²) in [5.74, 6) is 0.0584. The van der Waals surface area contributed by atoms with Gasteiger partial charge in [-0.15, -0.1) is 0 Å². The average molecular weight is 412 g/mol. The highest BCUT2D eigenvalue weighted by molar-refractivity contribution is 6.30. The van der Waals surface area contributed by atoms with E-state index in [1.807, 2.05) is 41.3 Å². The van der Waals surface area contributed by atoms with Gasteiger partial charge in [-0.25, -0.2) is 4.68 Å². The molecule has 0 spiro atoms. The van der Waals surface area contributed by atoms with E-state index in [1.165, 1.54) is 15.1 Å². The van der Waals surface area contributed by atoms with Gasteiger partial charge >= 0.3 is 0 Å². The molecule has 1 aliphatic rings. The van der Waals surface area contributed by atoms with Crippen LogP contribution >= 0.6 is 11.6 Å². The van der Waals surface area contributed by atoms with Gasteiger partial charge in [0.05, 0.1) is 43.7 Å². The summed E-state index contributed by atoms with van der Waals surface area (Å²) in [7, 11) is 1.63. The molecule has 1 fully saturated rings. The van der Waals surface area contributed by atoms with Crippen LogP contribution in [-0.2, 0) is 24.8 Å². The van der Waals surface area contributed by atoms with Crippen molar-refractivity contribution < 1.29 is 9.69 Å². The van der Waals surface area contributed by atoms with Gasteiger partial charge < -0.3 is 9.80 Å². The number of carbonyl (C=O) groups excluding carboxylic acids is 1. The minimum Gasteiger partial charge on any atom is -0.331 e. The van der Waals surface area contributed by atoms with Crippen molar-refractivity contribution in [3.63, 3.8) is 0 Å². The van der Waals surface area contributed by atoms with Crippen LogP contribution in [0.2, 0.25) is 5.02 Å². The number of rotatable bonds is 4. The summed E-state index contributed by atoms with van der Waals surface area (Å²) in [6.07, 6.45) is 0.207. The molecule has 0 bridgehead atoms. The summed E-state index contributed by atoms with van der Waals surface area (Å²) in [4.78, 5) is 28.5. The van der Waals surface area contributed by atoms with E-state index in [4.69, 9.17) is 11.6 Å². The van der Waals surface area contributed by atoms with Crippen LogP contribution in [0.1, 0.15) is 11.3 Å². The quantitative estimate of drug-likeness (QED) is 0.698. The third-order valence-corrected chi connectivity index (χ3v) is 5.75. The lowest BCUT2D eigenvalue weighted by Crippen LogP contribution is -3.13. The molecule has 1 saturated heterocycles. The summed E-state index contributed by atoms with van der Waals surface area (Å²) in [5.41, 5.74) is 1.73. The number of benzene rings is 2. The molecule has 3 aromatic rings. The molecule has 4 rings (SSSR count). The first kappa shape index (κ1) is 19.6. The van der Waals surface area contributed by atoms with Gasteiger partial charge in [0, 0.05) is 23.0 Å². The molecular weight excluding hydrogens is 388 g/mol. The molecule has 0 aliphatic carbocycles. The first-order valence-corrected chi connectivity index (χ1v) is 10.2. The van der Waals surface area contributed by atoms with Crippen LogP contribution in [0.25, 0.3) is 10.8 Å². The van der Waals surface area contributed by atoms with Crippen molar-refractivity contribution in [2.24, 2.45) is 7.05 Å². The first-order valence-electron chi connectivity index (χ1n) is 9.82. The Bertz CT molecular complexity index is 1100. The number of aryl methyl sites for hydroxylation is 1. The second-order valence-electron chi connectivity index (χ2n) is 7.54. The Kier molecular flexibility index (Phi) is 5.65. The van der Waals surface area contributed by atoms with Crippen LogP contribution in [0.5, 0.6) is 0 Å². The molecule has 1 aromatic heterocycles. The molecule has 0 atom stereocenters. The molecule has 6 nitrogen and oxygen atoms in total. The normalized spacial score (nSPS) is 15.0. The largest absolute Gasteiger partial charge is 0.331 e. The Balaban J connectivity index is 1.41. The maximum Gasteiger partial charge on any atom is 0.274 e. The lowest BCUT2D eigenvalue weighted by atomic mass is 10.1. The molecule has 1 aliphatic heterocycles. The Morgan fingerprint density at radius 2 is 1.83 bits per heavy atom. The van der Waals surface area contributed by atoms with Gasteiger partial charge in [-0.2, -0.15) is 5.10 Å². The summed E-state index contributed by atoms with van der Waals surface area (Å²) < 4.78 is 1.32. The Labute approximate surface area is 174 Å². The minimum absolute atomic E-state index is 0.0584. The number of nitrogens with zero attached hydrogens (tertiary/aromatic N) is 3. The van der Waals surface area contributed by atoms with Crippen molar-refractivity contribution >= 4 is 28.3 Å². The number of amides is 1. The molecule has 1 N–H and O–H groups in total. The Morgan fingerprint density at radius 1 is 1.10 bits per heavy atom. The number of aromatic nitrogens is 2. The third kappa shape index (κ3) is 4.33. The van der Waals surface area contributed by atoms with Gasteiger partial charge in [-0.05, 0) is 18.2 Å². The van der Waals surface area contributed by atoms with Crippen molar-refractivity contribution in [2.45, 2.75) is 13.0 Å². The van der Waals surface area contributed by atoms with Crippen molar-refractivity contribution in [1.82, 2.24) is 14.7 Å². The van der Waals surface area contributed by atoms with Crippen LogP contribution in [0, 0.1) is 0 Å². The molecule has 0 saturated carbocycles. The fourth-order valence-electron chi connectivity index (χ4n) is 3.95. The van der Waals surface area contributed by atoms with Gasteiger partial charge in [-0.3, -0.25) is 9.59 Å². The zero-order chi connectivity index (χ0) is 20.4. The molecule has 150 valence electrons. The predicted molar refractivity (Wildman–Crippen MR) is 113 cm³/mol. The van der Waals surface area contributed by atoms with Crippen molar-refractivity contribution in [1.29, 1.82) is 0 Å². The summed E-state index contributed by atoms with van der Waals surface area (Å²) in [6, 6.07) is 15.3. The van der Waals surface area contributed by atoms with Crippen LogP contribution in [0.3, 0.4) is 0 Å². The molecule has 0 unspecified atom stereocenters. The molecule has 0 radical (unpaired) electrons. The van der Waals surface area contributed by atoms with Crippen molar-refractivity contribution in [3.8, 4) is 0 Å². The maximum atomic E-state index is 12.9. The predicted octanol–water partition coefficient (Wildman–Crippen LogP) is 1.06. The number of fused-ring (bicyclic) bond motifs is 1. The van der Waals surface area contributed by atoms with E-state index in [-0.39, 0.29) is 17.9 Å². The van der Waals surface area contributed by atoms with Crippen LogP contribution in [-0.4, -0.2) is 46.8 Å². The van der Waals surface area contributed by atoms with E-state index in [1.54, 1.807) is 13.1 Å². The molecule has 2 heterocycles. The SMILES string of the molecule is Cn1nc(CC(=O)N2CC[NH+](Cc3cccc(Cl)c3)CC2)c2ccccc2c1=O. The van der Waals surface area contributed by atoms with E-state index < -0.39 is 0 Å². The zero-order valence-corrected chi connectivity index (χ0v) is 17.2. The average Bonchev–Trinajstić information content (AvgIpc) is 2.72. The molecule has 7 heteroatoms. The highest BCUT2D eigenvalue weighted by Gasteiger charge is 2.25. The number of hydrogen-bond donors (Lipinski definition) is 1. The second-order valence-corrected chi connectivity index (χ2v) is 7.97.